The molecule has 1 rings (SSSR count). The van der Waals surface area contributed by atoms with Gasteiger partial charge in [-0.1, -0.05) is 51.9 Å². The summed E-state index contributed by atoms with van der Waals surface area (Å²) in [6.45, 7) is 2.33. The van der Waals surface area contributed by atoms with Gasteiger partial charge in [0.15, 0.2) is 0 Å². The van der Waals surface area contributed by atoms with E-state index in [0.717, 1.165) is 18.4 Å². The summed E-state index contributed by atoms with van der Waals surface area (Å²) in [6.07, 6.45) is 12.6. The number of nitrogens with one attached hydrogen (secondary N) is 1. The van der Waals surface area contributed by atoms with Crippen LogP contribution < -0.4 is 5.32 Å². The number of hydrogen-bond donors (Lipinski definition) is 2. The average Bonchev–Trinajstić information content (AvgIpc) is 3.14. The second-order valence-corrected chi connectivity index (χ2v) is 8.35. The Kier molecular flexibility index (Phi) is 11.8. The first-order chi connectivity index (χ1) is 12.9. The maximum absolute atomic E-state index is 11.9. The number of unbranched alkanes of at least 4 members (excludes halogenated alkanes) is 7. The molecule has 7 nitrogen and oxygen atoms in total. The molecule has 1 amide bonds. The summed E-state index contributed by atoms with van der Waals surface area (Å²) in [4.78, 5) is 11.9. The summed E-state index contributed by atoms with van der Waals surface area (Å²) >= 11 is 0. The average molecular weight is 404 g/mol. The zero-order chi connectivity index (χ0) is 20.0. The van der Waals surface area contributed by atoms with Crippen molar-refractivity contribution in [2.45, 2.75) is 77.2 Å². The fourth-order valence-electron chi connectivity index (χ4n) is 2.83. The quantitative estimate of drug-likeness (QED) is 0.320. The standard InChI is InChI=1S/C19H33NO6S/c1-2-3-4-5-6-7-8-9-11-18(17-12-14-25-16-17)26-19(21)20-13-10-15-27(22,23)24/h12,14,16,18H,2-11,13,15H2,1H3,(H,20,21)(H,22,23,24). The van der Waals surface area contributed by atoms with Crippen LogP contribution in [-0.4, -0.2) is 31.4 Å². The number of amides is 1. The van der Waals surface area contributed by atoms with E-state index in [1.807, 2.05) is 0 Å². The highest BCUT2D eigenvalue weighted by atomic mass is 32.2. The molecule has 1 aromatic rings. The molecule has 1 unspecified atom stereocenters. The van der Waals surface area contributed by atoms with Crippen LogP contribution in [0.25, 0.3) is 0 Å². The summed E-state index contributed by atoms with van der Waals surface area (Å²) in [6, 6.07) is 1.78. The Balaban J connectivity index is 2.28. The van der Waals surface area contributed by atoms with Gasteiger partial charge in [-0.15, -0.1) is 0 Å². The summed E-state index contributed by atoms with van der Waals surface area (Å²) in [5.41, 5.74) is 0.811. The number of carbonyl (C=O) groups excluding carboxylic acids is 1. The zero-order valence-electron chi connectivity index (χ0n) is 16.2. The lowest BCUT2D eigenvalue weighted by molar-refractivity contribution is 0.0905. The molecule has 0 bridgehead atoms. The third-order valence-corrected chi connectivity index (χ3v) is 5.14. The third kappa shape index (κ3) is 12.5. The van der Waals surface area contributed by atoms with E-state index in [1.165, 1.54) is 38.5 Å². The first-order valence-corrected chi connectivity index (χ1v) is 11.4. The first-order valence-electron chi connectivity index (χ1n) is 9.84. The van der Waals surface area contributed by atoms with Crippen LogP contribution >= 0.6 is 0 Å². The van der Waals surface area contributed by atoms with Gasteiger partial charge in [0.25, 0.3) is 10.1 Å². The maximum Gasteiger partial charge on any atom is 0.407 e. The molecule has 156 valence electrons. The van der Waals surface area contributed by atoms with Gasteiger partial charge in [-0.2, -0.15) is 8.42 Å². The van der Waals surface area contributed by atoms with E-state index in [1.54, 1.807) is 18.6 Å². The van der Waals surface area contributed by atoms with Crippen molar-refractivity contribution in [1.82, 2.24) is 5.32 Å². The molecule has 8 heteroatoms. The van der Waals surface area contributed by atoms with E-state index < -0.39 is 22.0 Å². The van der Waals surface area contributed by atoms with Crippen LogP contribution in [0.4, 0.5) is 4.79 Å². The summed E-state index contributed by atoms with van der Waals surface area (Å²) in [7, 11) is -4.01. The Hall–Kier alpha value is -1.54. The number of ether oxygens (including phenoxy) is 1. The fourth-order valence-corrected chi connectivity index (χ4v) is 3.34. The van der Waals surface area contributed by atoms with Crippen LogP contribution in [0.1, 0.15) is 82.8 Å². The predicted molar refractivity (Wildman–Crippen MR) is 104 cm³/mol. The fraction of sp³-hybridized carbons (Fsp3) is 0.737. The first kappa shape index (κ1) is 23.5. The molecule has 0 spiro atoms. The lowest BCUT2D eigenvalue weighted by Gasteiger charge is -2.17. The van der Waals surface area contributed by atoms with Crippen molar-refractivity contribution in [2.24, 2.45) is 0 Å². The van der Waals surface area contributed by atoms with E-state index in [0.29, 0.717) is 6.42 Å². The highest BCUT2D eigenvalue weighted by Gasteiger charge is 2.17. The topological polar surface area (TPSA) is 106 Å². The van der Waals surface area contributed by atoms with E-state index in [2.05, 4.69) is 12.2 Å². The van der Waals surface area contributed by atoms with Crippen molar-refractivity contribution >= 4 is 16.2 Å². The number of alkyl carbamates (subject to hydrolysis) is 1. The van der Waals surface area contributed by atoms with Gasteiger partial charge in [-0.05, 0) is 25.3 Å². The molecule has 0 fully saturated rings. The van der Waals surface area contributed by atoms with Crippen molar-refractivity contribution in [1.29, 1.82) is 0 Å². The van der Waals surface area contributed by atoms with Gasteiger partial charge < -0.3 is 14.5 Å². The van der Waals surface area contributed by atoms with Crippen molar-refractivity contribution in [3.63, 3.8) is 0 Å². The number of rotatable bonds is 15. The molecule has 0 radical (unpaired) electrons. The molecule has 0 saturated heterocycles. The van der Waals surface area contributed by atoms with E-state index in [4.69, 9.17) is 13.7 Å². The number of hydrogen-bond acceptors (Lipinski definition) is 5. The molecule has 1 atom stereocenters. The van der Waals surface area contributed by atoms with Gasteiger partial charge in [0.2, 0.25) is 0 Å². The zero-order valence-corrected chi connectivity index (χ0v) is 17.0. The number of furan rings is 1. The molecular formula is C19H33NO6S. The Morgan fingerprint density at radius 3 is 2.41 bits per heavy atom. The van der Waals surface area contributed by atoms with Crippen LogP contribution in [0.3, 0.4) is 0 Å². The summed E-state index contributed by atoms with van der Waals surface area (Å²) < 4.78 is 40.5. The van der Waals surface area contributed by atoms with Crippen molar-refractivity contribution in [3.8, 4) is 0 Å². The molecule has 1 aromatic heterocycles. The Bertz CT molecular complexity index is 600. The minimum Gasteiger partial charge on any atom is -0.472 e. The molecule has 0 aromatic carbocycles. The second kappa shape index (κ2) is 13.6. The summed E-state index contributed by atoms with van der Waals surface area (Å²) in [5, 5.41) is 2.51. The van der Waals surface area contributed by atoms with E-state index >= 15 is 0 Å². The summed E-state index contributed by atoms with van der Waals surface area (Å²) in [5.74, 6) is -0.392. The van der Waals surface area contributed by atoms with E-state index in [-0.39, 0.29) is 19.1 Å². The molecular weight excluding hydrogens is 370 g/mol. The van der Waals surface area contributed by atoms with Gasteiger partial charge in [0.05, 0.1) is 18.3 Å². The Morgan fingerprint density at radius 1 is 1.15 bits per heavy atom. The van der Waals surface area contributed by atoms with Gasteiger partial charge in [-0.25, -0.2) is 4.79 Å². The maximum atomic E-state index is 11.9. The van der Waals surface area contributed by atoms with Gasteiger partial charge in [0, 0.05) is 12.1 Å². The molecule has 27 heavy (non-hydrogen) atoms. The van der Waals surface area contributed by atoms with Gasteiger partial charge in [0.1, 0.15) is 6.10 Å². The number of carbonyl (C=O) groups is 1. The minimum absolute atomic E-state index is 0.120. The third-order valence-electron chi connectivity index (χ3n) is 4.33. The smallest absolute Gasteiger partial charge is 0.407 e. The lowest BCUT2D eigenvalue weighted by atomic mass is 10.0. The van der Waals surface area contributed by atoms with Crippen LogP contribution in [0, 0.1) is 0 Å². The molecule has 0 saturated carbocycles. The molecule has 1 heterocycles. The van der Waals surface area contributed by atoms with Gasteiger partial charge >= 0.3 is 6.09 Å². The Labute approximate surface area is 162 Å². The minimum atomic E-state index is -4.01. The van der Waals surface area contributed by atoms with Crippen LogP contribution in [0.5, 0.6) is 0 Å². The van der Waals surface area contributed by atoms with Crippen molar-refractivity contribution in [3.05, 3.63) is 24.2 Å². The Morgan fingerprint density at radius 2 is 1.81 bits per heavy atom. The largest absolute Gasteiger partial charge is 0.472 e. The predicted octanol–water partition coefficient (Wildman–Crippen LogP) is 4.86. The van der Waals surface area contributed by atoms with Crippen LogP contribution in [0.15, 0.2) is 23.0 Å². The van der Waals surface area contributed by atoms with Crippen LogP contribution in [0.2, 0.25) is 0 Å². The highest BCUT2D eigenvalue weighted by molar-refractivity contribution is 7.85. The normalized spacial score (nSPS) is 12.7. The molecule has 0 aliphatic rings. The lowest BCUT2D eigenvalue weighted by Crippen LogP contribution is -2.28. The second-order valence-electron chi connectivity index (χ2n) is 6.78. The van der Waals surface area contributed by atoms with E-state index in [9.17, 15) is 13.2 Å². The monoisotopic (exact) mass is 403 g/mol. The highest BCUT2D eigenvalue weighted by Crippen LogP contribution is 2.25. The van der Waals surface area contributed by atoms with Crippen molar-refractivity contribution < 1.29 is 26.9 Å². The van der Waals surface area contributed by atoms with Crippen molar-refractivity contribution in [2.75, 3.05) is 12.3 Å². The van der Waals surface area contributed by atoms with Crippen LogP contribution in [-0.2, 0) is 14.9 Å². The molecule has 0 aliphatic carbocycles. The molecule has 2 N–H and O–H groups in total. The SMILES string of the molecule is CCCCCCCCCCC(OC(=O)NCCCS(=O)(=O)O)c1ccoc1. The van der Waals surface area contributed by atoms with Gasteiger partial charge in [-0.3, -0.25) is 4.55 Å². The molecule has 0 aliphatic heterocycles.